The number of carboxylic acids is 1. The summed E-state index contributed by atoms with van der Waals surface area (Å²) in [5.74, 6) is -1.94. The molecule has 5 heteroatoms. The predicted molar refractivity (Wildman–Crippen MR) is 73.4 cm³/mol. The van der Waals surface area contributed by atoms with Crippen molar-refractivity contribution in [2.45, 2.75) is 18.9 Å². The fraction of sp³-hybridized carbons (Fsp3) is 0.467. The van der Waals surface area contributed by atoms with E-state index in [-0.39, 0.29) is 25.0 Å². The maximum Gasteiger partial charge on any atom is 0.311 e. The van der Waals surface area contributed by atoms with Crippen LogP contribution in [0.5, 0.6) is 0 Å². The van der Waals surface area contributed by atoms with Crippen molar-refractivity contribution in [2.75, 3.05) is 20.3 Å². The highest BCUT2D eigenvalue weighted by molar-refractivity contribution is 5.84. The second-order valence-electron chi connectivity index (χ2n) is 5.13. The molecule has 108 valence electrons. The Balaban J connectivity index is 2.10. The zero-order valence-electron chi connectivity index (χ0n) is 11.7. The summed E-state index contributed by atoms with van der Waals surface area (Å²) in [5.41, 5.74) is 0.926. The molecule has 0 saturated carbocycles. The minimum atomic E-state index is -0.917. The van der Waals surface area contributed by atoms with Crippen LogP contribution in [0.25, 0.3) is 0 Å². The van der Waals surface area contributed by atoms with Crippen LogP contribution in [-0.2, 0) is 14.3 Å². The fourth-order valence-electron chi connectivity index (χ4n) is 2.51. The number of aliphatic carboxylic acids is 1. The van der Waals surface area contributed by atoms with Gasteiger partial charge in [0.1, 0.15) is 5.92 Å². The van der Waals surface area contributed by atoms with Crippen LogP contribution < -0.4 is 0 Å². The van der Waals surface area contributed by atoms with Crippen molar-refractivity contribution in [1.29, 1.82) is 0 Å². The van der Waals surface area contributed by atoms with E-state index in [9.17, 15) is 9.59 Å². The Labute approximate surface area is 118 Å². The number of hydrogen-bond donors (Lipinski definition) is 1. The van der Waals surface area contributed by atoms with E-state index in [4.69, 9.17) is 9.84 Å². The summed E-state index contributed by atoms with van der Waals surface area (Å²) in [6, 6.07) is 9.07. The summed E-state index contributed by atoms with van der Waals surface area (Å²) >= 11 is 0. The molecule has 1 aliphatic rings. The number of ether oxygens (including phenoxy) is 1. The predicted octanol–water partition coefficient (Wildman–Crippen LogP) is 1.35. The zero-order valence-corrected chi connectivity index (χ0v) is 11.7. The van der Waals surface area contributed by atoms with Gasteiger partial charge in [0.25, 0.3) is 0 Å². The van der Waals surface area contributed by atoms with Gasteiger partial charge in [-0.3, -0.25) is 9.59 Å². The van der Waals surface area contributed by atoms with E-state index in [1.54, 1.807) is 7.05 Å². The second-order valence-corrected chi connectivity index (χ2v) is 5.13. The lowest BCUT2D eigenvalue weighted by Gasteiger charge is -2.29. The number of carbonyl (C=O) groups excluding carboxylic acids is 1. The third-order valence-electron chi connectivity index (χ3n) is 3.88. The number of nitrogens with zero attached hydrogens (tertiary/aromatic N) is 1. The van der Waals surface area contributed by atoms with Gasteiger partial charge in [-0.1, -0.05) is 30.3 Å². The zero-order chi connectivity index (χ0) is 14.7. The van der Waals surface area contributed by atoms with E-state index in [1.165, 1.54) is 4.90 Å². The Morgan fingerprint density at radius 2 is 1.95 bits per heavy atom. The van der Waals surface area contributed by atoms with Crippen LogP contribution in [0.1, 0.15) is 18.4 Å². The highest BCUT2D eigenvalue weighted by atomic mass is 16.5. The maximum atomic E-state index is 12.5. The molecule has 1 heterocycles. The molecule has 5 nitrogen and oxygen atoms in total. The summed E-state index contributed by atoms with van der Waals surface area (Å²) in [5, 5.41) is 9.15. The van der Waals surface area contributed by atoms with Crippen LogP contribution in [0, 0.1) is 5.92 Å². The molecule has 1 aromatic carbocycles. The SMILES string of the molecule is CC(C(=O)N(C)C1COCC1C(=O)O)c1ccccc1. The lowest BCUT2D eigenvalue weighted by molar-refractivity contribution is -0.144. The highest BCUT2D eigenvalue weighted by Gasteiger charge is 2.39. The quantitative estimate of drug-likeness (QED) is 0.902. The van der Waals surface area contributed by atoms with Gasteiger partial charge in [-0.25, -0.2) is 0 Å². The molecular weight excluding hydrogens is 258 g/mol. The lowest BCUT2D eigenvalue weighted by atomic mass is 9.97. The number of rotatable bonds is 4. The molecule has 2 rings (SSSR count). The average molecular weight is 277 g/mol. The Morgan fingerprint density at radius 1 is 1.30 bits per heavy atom. The van der Waals surface area contributed by atoms with E-state index in [0.717, 1.165) is 5.56 Å². The summed E-state index contributed by atoms with van der Waals surface area (Å²) in [4.78, 5) is 25.2. The molecule has 1 aromatic rings. The minimum Gasteiger partial charge on any atom is -0.481 e. The number of likely N-dealkylation sites (N-methyl/N-ethyl adjacent to an activating group) is 1. The molecule has 3 atom stereocenters. The molecule has 1 N–H and O–H groups in total. The van der Waals surface area contributed by atoms with Crippen molar-refractivity contribution in [3.8, 4) is 0 Å². The third-order valence-corrected chi connectivity index (χ3v) is 3.88. The molecule has 0 aliphatic carbocycles. The van der Waals surface area contributed by atoms with Crippen LogP contribution in [0.4, 0.5) is 0 Å². The monoisotopic (exact) mass is 277 g/mol. The number of amides is 1. The van der Waals surface area contributed by atoms with Crippen molar-refractivity contribution in [1.82, 2.24) is 4.90 Å². The Morgan fingerprint density at radius 3 is 2.55 bits per heavy atom. The molecule has 0 bridgehead atoms. The first-order valence-corrected chi connectivity index (χ1v) is 6.64. The van der Waals surface area contributed by atoms with Crippen LogP contribution in [-0.4, -0.2) is 48.2 Å². The molecule has 1 fully saturated rings. The summed E-state index contributed by atoms with van der Waals surface area (Å²) < 4.78 is 5.21. The van der Waals surface area contributed by atoms with Gasteiger partial charge < -0.3 is 14.7 Å². The van der Waals surface area contributed by atoms with Crippen LogP contribution in [0.3, 0.4) is 0 Å². The van der Waals surface area contributed by atoms with Gasteiger partial charge in [-0.2, -0.15) is 0 Å². The normalized spacial score (nSPS) is 23.3. The van der Waals surface area contributed by atoms with Gasteiger partial charge in [-0.15, -0.1) is 0 Å². The molecule has 1 aliphatic heterocycles. The van der Waals surface area contributed by atoms with Gasteiger partial charge in [0.05, 0.1) is 25.2 Å². The molecule has 1 amide bonds. The van der Waals surface area contributed by atoms with Gasteiger partial charge in [0.2, 0.25) is 5.91 Å². The third kappa shape index (κ3) is 2.82. The minimum absolute atomic E-state index is 0.0852. The molecule has 0 spiro atoms. The molecule has 1 saturated heterocycles. The molecule has 0 aromatic heterocycles. The maximum absolute atomic E-state index is 12.5. The first kappa shape index (κ1) is 14.5. The fourth-order valence-corrected chi connectivity index (χ4v) is 2.51. The van der Waals surface area contributed by atoms with Crippen molar-refractivity contribution in [2.24, 2.45) is 5.92 Å². The number of hydrogen-bond acceptors (Lipinski definition) is 3. The lowest BCUT2D eigenvalue weighted by Crippen LogP contribution is -2.45. The summed E-state index contributed by atoms with van der Waals surface area (Å²) in [6.45, 7) is 2.28. The number of carboxylic acid groups (broad SMARTS) is 1. The van der Waals surface area contributed by atoms with Gasteiger partial charge in [-0.05, 0) is 12.5 Å². The topological polar surface area (TPSA) is 66.8 Å². The van der Waals surface area contributed by atoms with E-state index >= 15 is 0 Å². The van der Waals surface area contributed by atoms with E-state index in [2.05, 4.69) is 0 Å². The first-order chi connectivity index (χ1) is 9.52. The average Bonchev–Trinajstić information content (AvgIpc) is 2.95. The van der Waals surface area contributed by atoms with Crippen molar-refractivity contribution < 1.29 is 19.4 Å². The number of benzene rings is 1. The highest BCUT2D eigenvalue weighted by Crippen LogP contribution is 2.24. The van der Waals surface area contributed by atoms with Crippen molar-refractivity contribution in [3.63, 3.8) is 0 Å². The van der Waals surface area contributed by atoms with E-state index in [1.807, 2.05) is 37.3 Å². The summed E-state index contributed by atoms with van der Waals surface area (Å²) in [7, 11) is 1.65. The van der Waals surface area contributed by atoms with Crippen LogP contribution in [0.15, 0.2) is 30.3 Å². The van der Waals surface area contributed by atoms with Crippen molar-refractivity contribution in [3.05, 3.63) is 35.9 Å². The summed E-state index contributed by atoms with van der Waals surface area (Å²) in [6.07, 6.45) is 0. The molecule has 3 unspecified atom stereocenters. The van der Waals surface area contributed by atoms with Crippen LogP contribution in [0.2, 0.25) is 0 Å². The van der Waals surface area contributed by atoms with Gasteiger partial charge >= 0.3 is 5.97 Å². The van der Waals surface area contributed by atoms with Crippen molar-refractivity contribution >= 4 is 11.9 Å². The molecule has 20 heavy (non-hydrogen) atoms. The second kappa shape index (κ2) is 6.05. The van der Waals surface area contributed by atoms with Crippen LogP contribution >= 0.6 is 0 Å². The Kier molecular flexibility index (Phi) is 4.39. The van der Waals surface area contributed by atoms with E-state index < -0.39 is 17.9 Å². The van der Waals surface area contributed by atoms with Gasteiger partial charge in [0, 0.05) is 7.05 Å². The van der Waals surface area contributed by atoms with E-state index in [0.29, 0.717) is 0 Å². The first-order valence-electron chi connectivity index (χ1n) is 6.64. The molecular formula is C15H19NO4. The number of carbonyl (C=O) groups is 2. The molecule has 0 radical (unpaired) electrons. The van der Waals surface area contributed by atoms with Gasteiger partial charge in [0.15, 0.2) is 0 Å². The Bertz CT molecular complexity index is 488. The largest absolute Gasteiger partial charge is 0.481 e. The standard InChI is InChI=1S/C15H19NO4/c1-10(11-6-4-3-5-7-11)14(17)16(2)13-9-20-8-12(13)15(18)19/h3-7,10,12-13H,8-9H2,1-2H3,(H,18,19). The smallest absolute Gasteiger partial charge is 0.311 e. The Hall–Kier alpha value is -1.88.